The lowest BCUT2D eigenvalue weighted by atomic mass is 10.1. The van der Waals surface area contributed by atoms with Crippen LogP contribution < -0.4 is 10.2 Å². The van der Waals surface area contributed by atoms with Crippen molar-refractivity contribution in [1.29, 1.82) is 0 Å². The molecule has 1 atom stereocenters. The number of carbonyl (C=O) groups excluding carboxylic acids is 2. The van der Waals surface area contributed by atoms with Crippen LogP contribution in [-0.2, 0) is 9.59 Å². The molecule has 3 aromatic carbocycles. The van der Waals surface area contributed by atoms with Crippen LogP contribution >= 0.6 is 23.4 Å². The van der Waals surface area contributed by atoms with Gasteiger partial charge in [0.15, 0.2) is 0 Å². The van der Waals surface area contributed by atoms with Crippen molar-refractivity contribution in [2.75, 3.05) is 11.4 Å². The number of anilines is 1. The van der Waals surface area contributed by atoms with Crippen molar-refractivity contribution >= 4 is 46.9 Å². The number of hydrogen-bond acceptors (Lipinski definition) is 3. The third kappa shape index (κ3) is 5.01. The molecule has 1 aliphatic heterocycles. The van der Waals surface area contributed by atoms with Gasteiger partial charge in [0, 0.05) is 9.92 Å². The number of amides is 2. The van der Waals surface area contributed by atoms with E-state index in [0.29, 0.717) is 9.93 Å². The maximum atomic E-state index is 13.3. The van der Waals surface area contributed by atoms with Crippen LogP contribution in [0.5, 0.6) is 0 Å². The van der Waals surface area contributed by atoms with Crippen molar-refractivity contribution in [3.63, 3.8) is 0 Å². The van der Waals surface area contributed by atoms with Crippen LogP contribution in [0, 0.1) is 0 Å². The zero-order chi connectivity index (χ0) is 21.8. The van der Waals surface area contributed by atoms with E-state index in [2.05, 4.69) is 5.32 Å². The van der Waals surface area contributed by atoms with Gasteiger partial charge in [-0.2, -0.15) is 0 Å². The first-order valence-electron chi connectivity index (χ1n) is 9.91. The highest BCUT2D eigenvalue weighted by atomic mass is 35.5. The average Bonchev–Trinajstić information content (AvgIpc) is 2.77. The fourth-order valence-corrected chi connectivity index (χ4v) is 4.68. The fourth-order valence-electron chi connectivity index (χ4n) is 3.42. The molecule has 1 heterocycles. The molecule has 0 spiro atoms. The van der Waals surface area contributed by atoms with E-state index < -0.39 is 0 Å². The predicted octanol–water partition coefficient (Wildman–Crippen LogP) is 5.70. The molecule has 0 bridgehead atoms. The summed E-state index contributed by atoms with van der Waals surface area (Å²) in [6.45, 7) is 1.87. The Morgan fingerprint density at radius 1 is 1.06 bits per heavy atom. The highest BCUT2D eigenvalue weighted by Crippen LogP contribution is 2.42. The Balaban J connectivity index is 1.58. The normalized spacial score (nSPS) is 15.5. The van der Waals surface area contributed by atoms with E-state index in [1.165, 1.54) is 16.7 Å². The number of halogens is 1. The maximum Gasteiger partial charge on any atom is 0.265 e. The van der Waals surface area contributed by atoms with E-state index in [1.54, 1.807) is 6.07 Å². The lowest BCUT2D eigenvalue weighted by Gasteiger charge is -2.30. The van der Waals surface area contributed by atoms with Gasteiger partial charge in [-0.1, -0.05) is 78.0 Å². The van der Waals surface area contributed by atoms with Crippen LogP contribution in [-0.4, -0.2) is 18.4 Å². The van der Waals surface area contributed by atoms with Crippen LogP contribution in [0.2, 0.25) is 5.02 Å². The Morgan fingerprint density at radius 2 is 1.81 bits per heavy atom. The SMILES string of the molecule is C[C@H](NC(=O)CN1C(=O)/C(=C\c2cccc(Cl)c2)Sc2ccccc21)c1ccccc1. The Bertz CT molecular complexity index is 1150. The van der Waals surface area contributed by atoms with Crippen molar-refractivity contribution in [3.05, 3.63) is 99.9 Å². The predicted molar refractivity (Wildman–Crippen MR) is 127 cm³/mol. The van der Waals surface area contributed by atoms with Gasteiger partial charge in [-0.25, -0.2) is 0 Å². The van der Waals surface area contributed by atoms with Gasteiger partial charge >= 0.3 is 0 Å². The zero-order valence-corrected chi connectivity index (χ0v) is 18.5. The van der Waals surface area contributed by atoms with E-state index in [1.807, 2.05) is 85.8 Å². The number of benzene rings is 3. The highest BCUT2D eigenvalue weighted by Gasteiger charge is 2.30. The van der Waals surface area contributed by atoms with Gasteiger partial charge in [0.25, 0.3) is 5.91 Å². The molecule has 0 fully saturated rings. The molecule has 0 aromatic heterocycles. The second-order valence-electron chi connectivity index (χ2n) is 7.22. The molecule has 6 heteroatoms. The smallest absolute Gasteiger partial charge is 0.265 e. The average molecular weight is 449 g/mol. The van der Waals surface area contributed by atoms with E-state index >= 15 is 0 Å². The molecule has 1 aliphatic rings. The Kier molecular flexibility index (Phi) is 6.44. The van der Waals surface area contributed by atoms with Crippen LogP contribution in [0.15, 0.2) is 88.7 Å². The van der Waals surface area contributed by atoms with Gasteiger partial charge < -0.3 is 5.32 Å². The molecule has 4 rings (SSSR count). The monoisotopic (exact) mass is 448 g/mol. The van der Waals surface area contributed by atoms with Gasteiger partial charge in [-0.15, -0.1) is 0 Å². The van der Waals surface area contributed by atoms with Crippen LogP contribution in [0.4, 0.5) is 5.69 Å². The lowest BCUT2D eigenvalue weighted by molar-refractivity contribution is -0.122. The summed E-state index contributed by atoms with van der Waals surface area (Å²) < 4.78 is 0. The second kappa shape index (κ2) is 9.41. The van der Waals surface area contributed by atoms with Crippen LogP contribution in [0.25, 0.3) is 6.08 Å². The van der Waals surface area contributed by atoms with Gasteiger partial charge in [0.05, 0.1) is 16.6 Å². The summed E-state index contributed by atoms with van der Waals surface area (Å²) in [6, 6.07) is 24.5. The summed E-state index contributed by atoms with van der Waals surface area (Å²) in [5, 5.41) is 3.60. The number of nitrogens with zero attached hydrogens (tertiary/aromatic N) is 1. The summed E-state index contributed by atoms with van der Waals surface area (Å²) in [5.41, 5.74) is 2.59. The van der Waals surface area contributed by atoms with Gasteiger partial charge in [-0.05, 0) is 48.4 Å². The first-order valence-corrected chi connectivity index (χ1v) is 11.1. The molecule has 0 aliphatic carbocycles. The van der Waals surface area contributed by atoms with E-state index in [4.69, 9.17) is 11.6 Å². The summed E-state index contributed by atoms with van der Waals surface area (Å²) in [4.78, 5) is 29.1. The molecular formula is C25H21ClN2O2S. The molecule has 2 amide bonds. The number of fused-ring (bicyclic) bond motifs is 1. The molecular weight excluding hydrogens is 428 g/mol. The molecule has 1 N–H and O–H groups in total. The number of para-hydroxylation sites is 1. The molecule has 0 unspecified atom stereocenters. The molecule has 0 saturated heterocycles. The molecule has 0 radical (unpaired) electrons. The zero-order valence-electron chi connectivity index (χ0n) is 16.9. The Labute approximate surface area is 190 Å². The first-order chi connectivity index (χ1) is 15.0. The number of nitrogens with one attached hydrogen (secondary N) is 1. The Hall–Kier alpha value is -3.02. The molecule has 0 saturated carbocycles. The minimum atomic E-state index is -0.214. The van der Waals surface area contributed by atoms with Crippen LogP contribution in [0.1, 0.15) is 24.1 Å². The van der Waals surface area contributed by atoms with Crippen LogP contribution in [0.3, 0.4) is 0 Å². The number of hydrogen-bond donors (Lipinski definition) is 1. The largest absolute Gasteiger partial charge is 0.348 e. The van der Waals surface area contributed by atoms with Gasteiger partial charge in [0.1, 0.15) is 6.54 Å². The van der Waals surface area contributed by atoms with Crippen molar-refractivity contribution in [3.8, 4) is 0 Å². The number of rotatable bonds is 5. The van der Waals surface area contributed by atoms with Gasteiger partial charge in [0.2, 0.25) is 5.91 Å². The number of thioether (sulfide) groups is 1. The fraction of sp³-hybridized carbons (Fsp3) is 0.120. The standard InChI is InChI=1S/C25H21ClN2O2S/c1-17(19-9-3-2-4-10-19)27-24(29)16-28-21-12-5-6-13-22(21)31-23(25(28)30)15-18-8-7-11-20(26)14-18/h2-15,17H,16H2,1H3,(H,27,29)/b23-15+/t17-/m0/s1. The molecule has 156 valence electrons. The van der Waals surface area contributed by atoms with Gasteiger partial charge in [-0.3, -0.25) is 14.5 Å². The quantitative estimate of drug-likeness (QED) is 0.509. The van der Waals surface area contributed by atoms with E-state index in [-0.39, 0.29) is 24.4 Å². The van der Waals surface area contributed by atoms with Crippen molar-refractivity contribution in [1.82, 2.24) is 5.32 Å². The van der Waals surface area contributed by atoms with E-state index in [9.17, 15) is 9.59 Å². The Morgan fingerprint density at radius 3 is 2.58 bits per heavy atom. The molecule has 3 aromatic rings. The van der Waals surface area contributed by atoms with E-state index in [0.717, 1.165) is 21.7 Å². The first kappa shape index (κ1) is 21.2. The maximum absolute atomic E-state index is 13.3. The summed E-state index contributed by atoms with van der Waals surface area (Å²) in [6.07, 6.45) is 1.81. The highest BCUT2D eigenvalue weighted by molar-refractivity contribution is 8.04. The summed E-state index contributed by atoms with van der Waals surface area (Å²) in [5.74, 6) is -0.417. The van der Waals surface area contributed by atoms with Crippen molar-refractivity contribution in [2.45, 2.75) is 17.9 Å². The lowest BCUT2D eigenvalue weighted by Crippen LogP contribution is -2.43. The van der Waals surface area contributed by atoms with Crippen molar-refractivity contribution < 1.29 is 9.59 Å². The topological polar surface area (TPSA) is 49.4 Å². The minimum Gasteiger partial charge on any atom is -0.348 e. The minimum absolute atomic E-state index is 0.0551. The third-order valence-corrected chi connectivity index (χ3v) is 6.27. The second-order valence-corrected chi connectivity index (χ2v) is 8.74. The third-order valence-electron chi connectivity index (χ3n) is 4.96. The molecule has 4 nitrogen and oxygen atoms in total. The summed E-state index contributed by atoms with van der Waals surface area (Å²) in [7, 11) is 0. The summed E-state index contributed by atoms with van der Waals surface area (Å²) >= 11 is 7.49. The molecule has 31 heavy (non-hydrogen) atoms. The van der Waals surface area contributed by atoms with Crippen molar-refractivity contribution in [2.24, 2.45) is 0 Å². The number of carbonyl (C=O) groups is 2.